The number of rotatable bonds is 5. The second-order valence-corrected chi connectivity index (χ2v) is 7.55. The number of nitrogens with zero attached hydrogens (tertiary/aromatic N) is 2. The van der Waals surface area contributed by atoms with Crippen LogP contribution in [0.3, 0.4) is 0 Å². The van der Waals surface area contributed by atoms with E-state index in [9.17, 15) is 0 Å². The van der Waals surface area contributed by atoms with Crippen LogP contribution in [0.25, 0.3) is 0 Å². The van der Waals surface area contributed by atoms with Crippen LogP contribution in [0.1, 0.15) is 17.4 Å². The lowest BCUT2D eigenvalue weighted by Gasteiger charge is -2.31. The van der Waals surface area contributed by atoms with Crippen molar-refractivity contribution in [1.29, 1.82) is 0 Å². The fourth-order valence-corrected chi connectivity index (χ4v) is 4.07. The van der Waals surface area contributed by atoms with Gasteiger partial charge in [0, 0.05) is 29.7 Å². The Hall–Kier alpha value is -1.76. The molecule has 7 heteroatoms. The molecule has 2 aromatic rings. The predicted molar refractivity (Wildman–Crippen MR) is 106 cm³/mol. The molecule has 1 aromatic carbocycles. The number of benzene rings is 1. The van der Waals surface area contributed by atoms with Gasteiger partial charge in [-0.3, -0.25) is 9.89 Å². The summed E-state index contributed by atoms with van der Waals surface area (Å²) in [5.74, 6) is 1.02. The molecule has 0 saturated heterocycles. The van der Waals surface area contributed by atoms with Gasteiger partial charge >= 0.3 is 0 Å². The topological polar surface area (TPSA) is 62.9 Å². The molecule has 1 aliphatic rings. The third kappa shape index (κ3) is 4.45. The molecule has 0 radical (unpaired) electrons. The number of nitrogens with one attached hydrogen (secondary N) is 1. The highest BCUT2D eigenvalue weighted by molar-refractivity contribution is 7.10. The highest BCUT2D eigenvalue weighted by Crippen LogP contribution is 2.27. The molecule has 0 fully saturated rings. The van der Waals surface area contributed by atoms with Gasteiger partial charge in [-0.25, -0.2) is 0 Å². The second-order valence-electron chi connectivity index (χ2n) is 6.14. The minimum absolute atomic E-state index is 0.341. The van der Waals surface area contributed by atoms with Crippen LogP contribution in [0.5, 0.6) is 5.75 Å². The Balaban J connectivity index is 1.55. The highest BCUT2D eigenvalue weighted by Gasteiger charge is 2.21. The summed E-state index contributed by atoms with van der Waals surface area (Å²) in [5, 5.41) is 5.79. The van der Waals surface area contributed by atoms with Crippen molar-refractivity contribution in [3.05, 3.63) is 45.1 Å². The van der Waals surface area contributed by atoms with E-state index >= 15 is 0 Å². The summed E-state index contributed by atoms with van der Waals surface area (Å²) in [6.07, 6.45) is 1.12. The minimum Gasteiger partial charge on any atom is -0.495 e. The Labute approximate surface area is 157 Å². The van der Waals surface area contributed by atoms with Crippen LogP contribution >= 0.6 is 22.9 Å². The lowest BCUT2D eigenvalue weighted by Crippen LogP contribution is -2.39. The molecular formula is C18H23ClN4OS. The van der Waals surface area contributed by atoms with E-state index in [2.05, 4.69) is 33.6 Å². The first kappa shape index (κ1) is 18.0. The average molecular weight is 379 g/mol. The number of halogens is 1. The molecule has 1 unspecified atom stereocenters. The van der Waals surface area contributed by atoms with E-state index in [1.165, 1.54) is 10.4 Å². The fraction of sp³-hybridized carbons (Fsp3) is 0.389. The Morgan fingerprint density at radius 3 is 3.08 bits per heavy atom. The number of methoxy groups -OCH3 is 1. The van der Waals surface area contributed by atoms with Crippen LogP contribution < -0.4 is 15.8 Å². The second kappa shape index (κ2) is 8.08. The van der Waals surface area contributed by atoms with Crippen molar-refractivity contribution in [1.82, 2.24) is 4.90 Å². The van der Waals surface area contributed by atoms with Crippen LogP contribution in [-0.4, -0.2) is 37.1 Å². The number of guanidine groups is 1. The molecule has 0 saturated carbocycles. The van der Waals surface area contributed by atoms with Gasteiger partial charge in [0.05, 0.1) is 18.7 Å². The third-order valence-electron chi connectivity index (χ3n) is 4.41. The normalized spacial score (nSPS) is 16.4. The maximum atomic E-state index is 6.12. The standard InChI is InChI=1S/C18H23ClN4OS/c1-12(23-7-5-17-13(11-23)6-8-25-17)10-21-18(20)22-14-3-4-16(24-2)15(19)9-14/h3-4,6,8-9,12H,5,7,10-11H2,1-2H3,(H3,20,21,22). The monoisotopic (exact) mass is 378 g/mol. The molecule has 5 nitrogen and oxygen atoms in total. The van der Waals surface area contributed by atoms with Gasteiger partial charge in [-0.2, -0.15) is 0 Å². The lowest BCUT2D eigenvalue weighted by molar-refractivity contribution is 0.197. The van der Waals surface area contributed by atoms with Gasteiger partial charge in [-0.1, -0.05) is 11.6 Å². The number of hydrogen-bond acceptors (Lipinski definition) is 4. The van der Waals surface area contributed by atoms with Crippen LogP contribution in [0, 0.1) is 0 Å². The number of hydrogen-bond donors (Lipinski definition) is 2. The number of ether oxygens (including phenoxy) is 1. The summed E-state index contributed by atoms with van der Waals surface area (Å²) in [4.78, 5) is 8.45. The van der Waals surface area contributed by atoms with Crippen molar-refractivity contribution >= 4 is 34.6 Å². The van der Waals surface area contributed by atoms with E-state index in [1.807, 2.05) is 17.4 Å². The lowest BCUT2D eigenvalue weighted by atomic mass is 10.1. The molecule has 25 heavy (non-hydrogen) atoms. The zero-order chi connectivity index (χ0) is 17.8. The highest BCUT2D eigenvalue weighted by atomic mass is 35.5. The summed E-state index contributed by atoms with van der Waals surface area (Å²) < 4.78 is 5.14. The zero-order valence-electron chi connectivity index (χ0n) is 14.5. The molecule has 1 atom stereocenters. The van der Waals surface area contributed by atoms with E-state index in [-0.39, 0.29) is 0 Å². The number of thiophene rings is 1. The van der Waals surface area contributed by atoms with Crippen molar-refractivity contribution in [3.63, 3.8) is 0 Å². The number of aliphatic imine (C=N–C) groups is 1. The van der Waals surface area contributed by atoms with E-state index in [0.717, 1.165) is 25.2 Å². The predicted octanol–water partition coefficient (Wildman–Crippen LogP) is 3.58. The van der Waals surface area contributed by atoms with Crippen LogP contribution in [0.4, 0.5) is 5.69 Å². The van der Waals surface area contributed by atoms with Crippen molar-refractivity contribution in [2.45, 2.75) is 25.9 Å². The molecular weight excluding hydrogens is 356 g/mol. The van der Waals surface area contributed by atoms with Crippen LogP contribution in [-0.2, 0) is 13.0 Å². The maximum absolute atomic E-state index is 6.12. The molecule has 0 bridgehead atoms. The Bertz CT molecular complexity index is 761. The van der Waals surface area contributed by atoms with Gasteiger partial charge in [0.1, 0.15) is 5.75 Å². The molecule has 2 heterocycles. The molecule has 3 rings (SSSR count). The summed E-state index contributed by atoms with van der Waals surface area (Å²) in [6, 6.07) is 8.00. The number of anilines is 1. The molecule has 1 aliphatic heterocycles. The quantitative estimate of drug-likeness (QED) is 0.616. The largest absolute Gasteiger partial charge is 0.495 e. The minimum atomic E-state index is 0.341. The van der Waals surface area contributed by atoms with Gasteiger partial charge in [0.25, 0.3) is 0 Å². The first-order valence-corrected chi connectivity index (χ1v) is 9.52. The SMILES string of the molecule is COc1ccc(NC(N)=NCC(C)N2CCc3sccc3C2)cc1Cl. The smallest absolute Gasteiger partial charge is 0.193 e. The van der Waals surface area contributed by atoms with Crippen molar-refractivity contribution in [2.75, 3.05) is 25.5 Å². The van der Waals surface area contributed by atoms with Crippen molar-refractivity contribution < 1.29 is 4.74 Å². The molecule has 3 N–H and O–H groups in total. The van der Waals surface area contributed by atoms with E-state index in [4.69, 9.17) is 22.1 Å². The van der Waals surface area contributed by atoms with Gasteiger partial charge in [0.15, 0.2) is 5.96 Å². The van der Waals surface area contributed by atoms with Gasteiger partial charge in [0.2, 0.25) is 0 Å². The fourth-order valence-electron chi connectivity index (χ4n) is 2.92. The van der Waals surface area contributed by atoms with E-state index in [1.54, 1.807) is 19.2 Å². The summed E-state index contributed by atoms with van der Waals surface area (Å²) in [6.45, 7) is 4.92. The van der Waals surface area contributed by atoms with Crippen molar-refractivity contribution in [2.24, 2.45) is 10.7 Å². The Kier molecular flexibility index (Phi) is 5.83. The van der Waals surface area contributed by atoms with Gasteiger partial charge in [-0.15, -0.1) is 11.3 Å². The first-order valence-electron chi connectivity index (χ1n) is 8.26. The van der Waals surface area contributed by atoms with Crippen molar-refractivity contribution in [3.8, 4) is 5.75 Å². The first-order chi connectivity index (χ1) is 12.1. The van der Waals surface area contributed by atoms with Crippen LogP contribution in [0.15, 0.2) is 34.6 Å². The zero-order valence-corrected chi connectivity index (χ0v) is 16.0. The third-order valence-corrected chi connectivity index (χ3v) is 5.73. The van der Waals surface area contributed by atoms with Gasteiger partial charge < -0.3 is 15.8 Å². The van der Waals surface area contributed by atoms with Crippen LogP contribution in [0.2, 0.25) is 5.02 Å². The molecule has 1 aromatic heterocycles. The average Bonchev–Trinajstić information content (AvgIpc) is 3.07. The van der Waals surface area contributed by atoms with Gasteiger partial charge in [-0.05, 0) is 48.6 Å². The Morgan fingerprint density at radius 1 is 1.48 bits per heavy atom. The number of nitrogens with two attached hydrogens (primary N) is 1. The van der Waals surface area contributed by atoms with E-state index in [0.29, 0.717) is 29.3 Å². The molecule has 0 amide bonds. The maximum Gasteiger partial charge on any atom is 0.193 e. The molecule has 134 valence electrons. The number of fused-ring (bicyclic) bond motifs is 1. The Morgan fingerprint density at radius 2 is 2.32 bits per heavy atom. The molecule has 0 spiro atoms. The summed E-state index contributed by atoms with van der Waals surface area (Å²) in [5.41, 5.74) is 8.25. The van der Waals surface area contributed by atoms with E-state index < -0.39 is 0 Å². The summed E-state index contributed by atoms with van der Waals surface area (Å²) in [7, 11) is 1.59. The summed E-state index contributed by atoms with van der Waals surface area (Å²) >= 11 is 7.98. The molecule has 0 aliphatic carbocycles.